The van der Waals surface area contributed by atoms with Gasteiger partial charge < -0.3 is 50.4 Å². The molecular formula is C12H20N2O12-2. The molecule has 0 aromatic heterocycles. The van der Waals surface area contributed by atoms with Gasteiger partial charge in [0.05, 0.1) is 12.8 Å². The van der Waals surface area contributed by atoms with E-state index in [1.54, 1.807) is 0 Å². The predicted octanol–water partition coefficient (Wildman–Crippen LogP) is -2.96. The van der Waals surface area contributed by atoms with Crippen molar-refractivity contribution in [1.29, 1.82) is 0 Å². The first-order chi connectivity index (χ1) is 12.1. The Labute approximate surface area is 146 Å². The van der Waals surface area contributed by atoms with Gasteiger partial charge in [0.2, 0.25) is 0 Å². The standard InChI is InChI=1S/C12H20N2O12/c15-7(1-3-13(20)21)24-5-6-9(17)10(18)11(12(19)25-6)26-8(16)2-4-14(22)23/h6,9-12,17-20,22H,1-5H2/q-2/t6-,9-,10+,11-,12-/m1/s1. The second kappa shape index (κ2) is 10.6. The Morgan fingerprint density at radius 3 is 2.04 bits per heavy atom. The minimum Gasteiger partial charge on any atom is -0.762 e. The maximum Gasteiger partial charge on any atom is 0.307 e. The van der Waals surface area contributed by atoms with Crippen LogP contribution in [-0.2, 0) is 23.8 Å². The molecule has 14 nitrogen and oxygen atoms in total. The lowest BCUT2D eigenvalue weighted by atomic mass is 9.99. The van der Waals surface area contributed by atoms with Crippen LogP contribution in [0, 0.1) is 10.4 Å². The van der Waals surface area contributed by atoms with E-state index < -0.39 is 85.6 Å². The van der Waals surface area contributed by atoms with Crippen LogP contribution in [0.2, 0.25) is 0 Å². The van der Waals surface area contributed by atoms with E-state index in [1.807, 2.05) is 0 Å². The summed E-state index contributed by atoms with van der Waals surface area (Å²) in [5.74, 6) is -1.95. The Kier molecular flexibility index (Phi) is 9.23. The highest BCUT2D eigenvalue weighted by molar-refractivity contribution is 5.70. The van der Waals surface area contributed by atoms with Gasteiger partial charge in [0.15, 0.2) is 12.4 Å². The molecule has 0 saturated carbocycles. The van der Waals surface area contributed by atoms with Crippen molar-refractivity contribution >= 4 is 11.9 Å². The molecule has 0 radical (unpaired) electrons. The van der Waals surface area contributed by atoms with E-state index in [-0.39, 0.29) is 0 Å². The van der Waals surface area contributed by atoms with E-state index in [0.717, 1.165) is 0 Å². The number of aliphatic hydroxyl groups excluding tert-OH is 3. The van der Waals surface area contributed by atoms with Crippen molar-refractivity contribution in [2.75, 3.05) is 19.7 Å². The number of aliphatic hydroxyl groups is 3. The zero-order valence-electron chi connectivity index (χ0n) is 13.4. The van der Waals surface area contributed by atoms with Gasteiger partial charge in [-0.05, 0) is 0 Å². The molecule has 1 saturated heterocycles. The molecule has 0 amide bonds. The molecule has 0 unspecified atom stereocenters. The third kappa shape index (κ3) is 7.42. The van der Waals surface area contributed by atoms with Gasteiger partial charge >= 0.3 is 11.9 Å². The van der Waals surface area contributed by atoms with Crippen molar-refractivity contribution in [2.24, 2.45) is 0 Å². The first-order valence-electron chi connectivity index (χ1n) is 7.43. The molecule has 1 rings (SSSR count). The van der Waals surface area contributed by atoms with Gasteiger partial charge in [-0.3, -0.25) is 20.0 Å². The number of hydrogen-bond donors (Lipinski definition) is 5. The minimum atomic E-state index is -1.87. The molecule has 1 fully saturated rings. The van der Waals surface area contributed by atoms with Crippen LogP contribution in [0.25, 0.3) is 0 Å². The fourth-order valence-electron chi connectivity index (χ4n) is 2.02. The Morgan fingerprint density at radius 1 is 0.962 bits per heavy atom. The quantitative estimate of drug-likeness (QED) is 0.198. The van der Waals surface area contributed by atoms with Gasteiger partial charge in [-0.15, -0.1) is 0 Å². The number of ether oxygens (including phenoxy) is 3. The first kappa shape index (κ1) is 22.6. The lowest BCUT2D eigenvalue weighted by molar-refractivity contribution is -0.291. The van der Waals surface area contributed by atoms with E-state index in [1.165, 1.54) is 0 Å². The third-order valence-electron chi connectivity index (χ3n) is 3.35. The average Bonchev–Trinajstić information content (AvgIpc) is 2.56. The van der Waals surface area contributed by atoms with Crippen LogP contribution in [0.4, 0.5) is 0 Å². The Hall–Kier alpha value is -1.46. The monoisotopic (exact) mass is 384 g/mol. The van der Waals surface area contributed by atoms with Crippen LogP contribution in [0.1, 0.15) is 12.8 Å². The summed E-state index contributed by atoms with van der Waals surface area (Å²) < 4.78 is 14.3. The highest BCUT2D eigenvalue weighted by atomic mass is 16.8. The molecule has 0 aromatic carbocycles. The fraction of sp³-hybridized carbons (Fsp3) is 0.833. The molecular weight excluding hydrogens is 364 g/mol. The topological polar surface area (TPSA) is 216 Å². The van der Waals surface area contributed by atoms with Gasteiger partial charge in [-0.1, -0.05) is 0 Å². The highest BCUT2D eigenvalue weighted by Gasteiger charge is 2.46. The number of nitrogens with zero attached hydrogens (tertiary/aromatic N) is 2. The van der Waals surface area contributed by atoms with Crippen LogP contribution < -0.4 is 0 Å². The number of carbonyl (C=O) groups excluding carboxylic acids is 2. The molecule has 1 heterocycles. The van der Waals surface area contributed by atoms with Crippen LogP contribution in [0.5, 0.6) is 0 Å². The second-order valence-corrected chi connectivity index (χ2v) is 5.34. The van der Waals surface area contributed by atoms with Crippen LogP contribution in [0.15, 0.2) is 0 Å². The molecule has 0 bridgehead atoms. The lowest BCUT2D eigenvalue weighted by Gasteiger charge is -2.39. The summed E-state index contributed by atoms with van der Waals surface area (Å²) in [6.07, 6.45) is -9.39. The van der Waals surface area contributed by atoms with E-state index in [2.05, 4.69) is 4.74 Å². The van der Waals surface area contributed by atoms with E-state index in [0.29, 0.717) is 0 Å². The molecule has 14 heteroatoms. The summed E-state index contributed by atoms with van der Waals surface area (Å²) >= 11 is 0. The van der Waals surface area contributed by atoms with Crippen molar-refractivity contribution < 1.29 is 49.5 Å². The number of rotatable bonds is 9. The van der Waals surface area contributed by atoms with Crippen LogP contribution in [-0.4, -0.2) is 98.5 Å². The van der Waals surface area contributed by atoms with Crippen LogP contribution >= 0.6 is 0 Å². The van der Waals surface area contributed by atoms with Crippen molar-refractivity contribution in [3.8, 4) is 0 Å². The number of hydrogen-bond acceptors (Lipinski definition) is 14. The molecule has 0 aromatic rings. The molecule has 26 heavy (non-hydrogen) atoms. The van der Waals surface area contributed by atoms with Gasteiger partial charge in [-0.25, -0.2) is 0 Å². The summed E-state index contributed by atoms with van der Waals surface area (Å²) in [5, 5.41) is 66.0. The zero-order chi connectivity index (χ0) is 19.9. The predicted molar refractivity (Wildman–Crippen MR) is 76.7 cm³/mol. The smallest absolute Gasteiger partial charge is 0.307 e. The van der Waals surface area contributed by atoms with Gasteiger partial charge in [0.1, 0.15) is 24.9 Å². The van der Waals surface area contributed by atoms with Crippen LogP contribution in [0.3, 0.4) is 0 Å². The molecule has 5 atom stereocenters. The van der Waals surface area contributed by atoms with Gasteiger partial charge in [0.25, 0.3) is 0 Å². The molecule has 1 aliphatic rings. The third-order valence-corrected chi connectivity index (χ3v) is 3.35. The lowest BCUT2D eigenvalue weighted by Crippen LogP contribution is -2.60. The number of hydroxylamine groups is 4. The van der Waals surface area contributed by atoms with Crippen molar-refractivity contribution in [3.05, 3.63) is 10.4 Å². The molecule has 0 aliphatic carbocycles. The van der Waals surface area contributed by atoms with Gasteiger partial charge in [-0.2, -0.15) is 0 Å². The van der Waals surface area contributed by atoms with Crippen molar-refractivity contribution in [1.82, 2.24) is 10.5 Å². The van der Waals surface area contributed by atoms with Crippen molar-refractivity contribution in [3.63, 3.8) is 0 Å². The zero-order valence-corrected chi connectivity index (χ0v) is 13.4. The summed E-state index contributed by atoms with van der Waals surface area (Å²) in [6.45, 7) is -1.73. The average molecular weight is 384 g/mol. The second-order valence-electron chi connectivity index (χ2n) is 5.34. The van der Waals surface area contributed by atoms with Crippen molar-refractivity contribution in [2.45, 2.75) is 43.5 Å². The molecule has 0 spiro atoms. The summed E-state index contributed by atoms with van der Waals surface area (Å²) in [5.41, 5.74) is 0. The number of esters is 2. The molecule has 1 aliphatic heterocycles. The highest BCUT2D eigenvalue weighted by Crippen LogP contribution is 2.23. The number of carbonyl (C=O) groups is 2. The summed E-state index contributed by atoms with van der Waals surface area (Å²) in [4.78, 5) is 22.8. The van der Waals surface area contributed by atoms with E-state index in [9.17, 15) is 35.3 Å². The molecule has 152 valence electrons. The maximum atomic E-state index is 11.5. The summed E-state index contributed by atoms with van der Waals surface area (Å²) in [7, 11) is 0. The Balaban J connectivity index is 2.49. The first-order valence-corrected chi connectivity index (χ1v) is 7.43. The maximum absolute atomic E-state index is 11.5. The summed E-state index contributed by atoms with van der Waals surface area (Å²) in [6, 6.07) is 0. The van der Waals surface area contributed by atoms with E-state index in [4.69, 9.17) is 19.9 Å². The normalized spacial score (nSPS) is 29.0. The Bertz CT molecular complexity index is 459. The molecule has 5 N–H and O–H groups in total. The van der Waals surface area contributed by atoms with Gasteiger partial charge in [0, 0.05) is 13.1 Å². The largest absolute Gasteiger partial charge is 0.762 e. The van der Waals surface area contributed by atoms with E-state index >= 15 is 0 Å². The Morgan fingerprint density at radius 2 is 1.50 bits per heavy atom. The minimum absolute atomic E-state index is 0.449. The fourth-order valence-corrected chi connectivity index (χ4v) is 2.02. The SMILES string of the molecule is O=C(CCN([O-])O)OC[C@H]1O[C@@H](O)[C@H](OC(=O)CCN([O-])O)[C@@H](O)[C@@H]1O.